The number of carbonyl (C=O) groups is 2. The average molecular weight is 420 g/mol. The Kier molecular flexibility index (Phi) is 5.85. The summed E-state index contributed by atoms with van der Waals surface area (Å²) in [6, 6.07) is 7.10. The van der Waals surface area contributed by atoms with Crippen molar-refractivity contribution in [2.24, 2.45) is 0 Å². The highest BCUT2D eigenvalue weighted by Crippen LogP contribution is 2.28. The number of nitrogens with zero attached hydrogens (tertiary/aromatic N) is 4. The predicted molar refractivity (Wildman–Crippen MR) is 105 cm³/mol. The van der Waals surface area contributed by atoms with Gasteiger partial charge in [0.05, 0.1) is 29.3 Å². The number of aromatic amines is 1. The van der Waals surface area contributed by atoms with Gasteiger partial charge in [0, 0.05) is 10.7 Å². The van der Waals surface area contributed by atoms with Crippen molar-refractivity contribution in [1.29, 1.82) is 0 Å². The summed E-state index contributed by atoms with van der Waals surface area (Å²) in [4.78, 5) is 27.9. The van der Waals surface area contributed by atoms with Gasteiger partial charge in [-0.2, -0.15) is 4.68 Å². The maximum absolute atomic E-state index is 13.0. The summed E-state index contributed by atoms with van der Waals surface area (Å²) in [5.41, 5.74) is 2.61. The van der Waals surface area contributed by atoms with E-state index in [0.717, 1.165) is 0 Å². The number of carbonyl (C=O) groups excluding carboxylic acids is 2. The normalized spacial score (nSPS) is 12.0. The molecule has 1 N–H and O–H groups in total. The second-order valence-corrected chi connectivity index (χ2v) is 7.84. The molecule has 28 heavy (non-hydrogen) atoms. The van der Waals surface area contributed by atoms with E-state index in [1.165, 1.54) is 23.6 Å². The van der Waals surface area contributed by atoms with Gasteiger partial charge in [0.1, 0.15) is 0 Å². The highest BCUT2D eigenvalue weighted by atomic mass is 35.5. The number of Topliss-reactive ketones (excluding diaryl/α,β-unsaturated/α-hetero) is 1. The molecular formula is C18H18ClN5O3S. The van der Waals surface area contributed by atoms with Gasteiger partial charge in [-0.15, -0.1) is 5.10 Å². The van der Waals surface area contributed by atoms with Crippen LogP contribution in [0.5, 0.6) is 0 Å². The number of nitrogens with one attached hydrogen (secondary N) is 1. The largest absolute Gasteiger partial charge is 0.465 e. The number of tetrazole rings is 1. The van der Waals surface area contributed by atoms with Gasteiger partial charge in [0.2, 0.25) is 5.16 Å². The van der Waals surface area contributed by atoms with E-state index in [9.17, 15) is 9.59 Å². The lowest BCUT2D eigenvalue weighted by molar-refractivity contribution is 0.0599. The number of esters is 1. The number of ether oxygens (including phenoxy) is 1. The Hall–Kier alpha value is -2.65. The Morgan fingerprint density at radius 3 is 2.75 bits per heavy atom. The van der Waals surface area contributed by atoms with E-state index < -0.39 is 11.2 Å². The highest BCUT2D eigenvalue weighted by molar-refractivity contribution is 8.00. The lowest BCUT2D eigenvalue weighted by atomic mass is 10.1. The Bertz CT molecular complexity index is 1050. The number of aromatic nitrogens is 5. The summed E-state index contributed by atoms with van der Waals surface area (Å²) < 4.78 is 6.32. The number of hydrogen-bond donors (Lipinski definition) is 1. The second kappa shape index (κ2) is 8.15. The van der Waals surface area contributed by atoms with Crippen LogP contribution in [0.1, 0.15) is 39.0 Å². The maximum atomic E-state index is 13.0. The van der Waals surface area contributed by atoms with Crippen molar-refractivity contribution < 1.29 is 14.3 Å². The lowest BCUT2D eigenvalue weighted by Crippen LogP contribution is -2.16. The van der Waals surface area contributed by atoms with E-state index in [1.54, 1.807) is 39.0 Å². The van der Waals surface area contributed by atoms with Gasteiger partial charge in [-0.05, 0) is 55.0 Å². The molecule has 8 nitrogen and oxygen atoms in total. The molecule has 1 unspecified atom stereocenters. The van der Waals surface area contributed by atoms with Crippen LogP contribution < -0.4 is 0 Å². The number of halogens is 1. The summed E-state index contributed by atoms with van der Waals surface area (Å²) in [5.74, 6) is -0.642. The number of ketones is 1. The molecule has 0 aliphatic carbocycles. The molecule has 0 saturated carbocycles. The van der Waals surface area contributed by atoms with Gasteiger partial charge in [0.25, 0.3) is 0 Å². The van der Waals surface area contributed by atoms with Gasteiger partial charge in [-0.25, -0.2) is 4.79 Å². The number of rotatable bonds is 6. The monoisotopic (exact) mass is 419 g/mol. The van der Waals surface area contributed by atoms with Crippen molar-refractivity contribution >= 4 is 35.1 Å². The molecular weight excluding hydrogens is 402 g/mol. The number of methoxy groups -OCH3 is 1. The first-order chi connectivity index (χ1) is 13.3. The lowest BCUT2D eigenvalue weighted by Gasteiger charge is -2.10. The van der Waals surface area contributed by atoms with Gasteiger partial charge in [-0.1, -0.05) is 29.4 Å². The van der Waals surface area contributed by atoms with Crippen LogP contribution in [0.4, 0.5) is 0 Å². The quantitative estimate of drug-likeness (QED) is 0.371. The SMILES string of the molecule is COC(=O)c1c(C)[nH]c(C(=O)C(C)Sc2nnnn2-c2cccc(Cl)c2)c1C. The molecule has 2 aromatic heterocycles. The van der Waals surface area contributed by atoms with Crippen molar-refractivity contribution in [2.75, 3.05) is 7.11 Å². The topological polar surface area (TPSA) is 103 Å². The zero-order valence-corrected chi connectivity index (χ0v) is 17.3. The fourth-order valence-corrected chi connectivity index (χ4v) is 3.89. The van der Waals surface area contributed by atoms with Crippen molar-refractivity contribution in [3.63, 3.8) is 0 Å². The molecule has 2 heterocycles. The van der Waals surface area contributed by atoms with E-state index in [0.29, 0.717) is 38.4 Å². The molecule has 1 atom stereocenters. The van der Waals surface area contributed by atoms with Crippen LogP contribution in [0.25, 0.3) is 5.69 Å². The molecule has 3 rings (SSSR count). The molecule has 3 aromatic rings. The summed E-state index contributed by atoms with van der Waals surface area (Å²) in [6.07, 6.45) is 0. The molecule has 0 aliphatic rings. The van der Waals surface area contributed by atoms with Crippen LogP contribution in [0.3, 0.4) is 0 Å². The smallest absolute Gasteiger partial charge is 0.339 e. The van der Waals surface area contributed by atoms with Crippen LogP contribution >= 0.6 is 23.4 Å². The fraction of sp³-hybridized carbons (Fsp3) is 0.278. The van der Waals surface area contributed by atoms with Crippen molar-refractivity contribution in [3.05, 3.63) is 51.8 Å². The third-order valence-electron chi connectivity index (χ3n) is 4.22. The van der Waals surface area contributed by atoms with E-state index >= 15 is 0 Å². The van der Waals surface area contributed by atoms with Crippen molar-refractivity contribution in [3.8, 4) is 5.69 Å². The number of aryl methyl sites for hydroxylation is 1. The highest BCUT2D eigenvalue weighted by Gasteiger charge is 2.27. The first-order valence-electron chi connectivity index (χ1n) is 8.36. The minimum atomic E-state index is -0.494. The van der Waals surface area contributed by atoms with E-state index in [-0.39, 0.29) is 5.78 Å². The van der Waals surface area contributed by atoms with Crippen LogP contribution in [0.2, 0.25) is 5.02 Å². The average Bonchev–Trinajstić information content (AvgIpc) is 3.24. The second-order valence-electron chi connectivity index (χ2n) is 6.09. The van der Waals surface area contributed by atoms with E-state index in [2.05, 4.69) is 20.5 Å². The molecule has 0 fully saturated rings. The molecule has 146 valence electrons. The maximum Gasteiger partial charge on any atom is 0.339 e. The fourth-order valence-electron chi connectivity index (χ4n) is 2.84. The Morgan fingerprint density at radius 2 is 2.07 bits per heavy atom. The predicted octanol–water partition coefficient (Wildman–Crippen LogP) is 3.41. The Labute approximate surface area is 170 Å². The van der Waals surface area contributed by atoms with Crippen LogP contribution in [-0.2, 0) is 4.74 Å². The molecule has 0 aliphatic heterocycles. The van der Waals surface area contributed by atoms with E-state index in [1.807, 2.05) is 6.07 Å². The molecule has 0 spiro atoms. The third kappa shape index (κ3) is 3.81. The zero-order valence-electron chi connectivity index (χ0n) is 15.7. The summed E-state index contributed by atoms with van der Waals surface area (Å²) in [5, 5.41) is 12.2. The van der Waals surface area contributed by atoms with Crippen LogP contribution in [-0.4, -0.2) is 49.3 Å². The Morgan fingerprint density at radius 1 is 1.32 bits per heavy atom. The van der Waals surface area contributed by atoms with Gasteiger partial charge in [0.15, 0.2) is 5.78 Å². The van der Waals surface area contributed by atoms with Gasteiger partial charge < -0.3 is 9.72 Å². The standard InChI is InChI=1S/C18H18ClN5O3S/c1-9-14(17(26)27-4)10(2)20-15(9)16(25)11(3)28-18-21-22-23-24(18)13-7-5-6-12(19)8-13/h5-8,11,20H,1-4H3. The summed E-state index contributed by atoms with van der Waals surface area (Å²) in [6.45, 7) is 5.21. The van der Waals surface area contributed by atoms with Crippen molar-refractivity contribution in [1.82, 2.24) is 25.2 Å². The Balaban J connectivity index is 1.85. The third-order valence-corrected chi connectivity index (χ3v) is 5.49. The van der Waals surface area contributed by atoms with E-state index in [4.69, 9.17) is 16.3 Å². The molecule has 0 bridgehead atoms. The number of H-pyrrole nitrogens is 1. The molecule has 10 heteroatoms. The number of hydrogen-bond acceptors (Lipinski definition) is 7. The van der Waals surface area contributed by atoms with Crippen LogP contribution in [0, 0.1) is 13.8 Å². The van der Waals surface area contributed by atoms with Crippen molar-refractivity contribution in [2.45, 2.75) is 31.2 Å². The molecule has 0 amide bonds. The van der Waals surface area contributed by atoms with Gasteiger partial charge >= 0.3 is 5.97 Å². The zero-order chi connectivity index (χ0) is 20.4. The molecule has 1 aromatic carbocycles. The molecule has 0 radical (unpaired) electrons. The minimum absolute atomic E-state index is 0.165. The summed E-state index contributed by atoms with van der Waals surface area (Å²) >= 11 is 7.25. The number of thioether (sulfide) groups is 1. The first-order valence-corrected chi connectivity index (χ1v) is 9.62. The molecule has 0 saturated heterocycles. The number of benzene rings is 1. The minimum Gasteiger partial charge on any atom is -0.465 e. The van der Waals surface area contributed by atoms with Gasteiger partial charge in [-0.3, -0.25) is 4.79 Å². The summed E-state index contributed by atoms with van der Waals surface area (Å²) in [7, 11) is 1.31. The first kappa shape index (κ1) is 20.1. The van der Waals surface area contributed by atoms with Crippen LogP contribution in [0.15, 0.2) is 29.4 Å².